The summed E-state index contributed by atoms with van der Waals surface area (Å²) in [5, 5.41) is 0. The van der Waals surface area contributed by atoms with Gasteiger partial charge in [0.05, 0.1) is 10.2 Å². The molecule has 0 atom stereocenters. The molecular formula is C12H12BrN3. The lowest BCUT2D eigenvalue weighted by molar-refractivity contribution is 1.16. The fourth-order valence-corrected chi connectivity index (χ4v) is 2.13. The van der Waals surface area contributed by atoms with Gasteiger partial charge in [0.1, 0.15) is 0 Å². The van der Waals surface area contributed by atoms with Gasteiger partial charge in [-0.2, -0.15) is 0 Å². The molecule has 4 heteroatoms. The van der Waals surface area contributed by atoms with Gasteiger partial charge >= 0.3 is 0 Å². The number of halogens is 1. The first kappa shape index (κ1) is 11.1. The Hall–Kier alpha value is -1.42. The second-order valence-electron chi connectivity index (χ2n) is 3.69. The Morgan fingerprint density at radius 1 is 1.19 bits per heavy atom. The smallest absolute Gasteiger partial charge is 0.220 e. The largest absolute Gasteiger partial charge is 0.368 e. The van der Waals surface area contributed by atoms with Gasteiger partial charge < -0.3 is 5.73 Å². The maximum atomic E-state index is 5.62. The van der Waals surface area contributed by atoms with E-state index in [1.807, 2.05) is 6.07 Å². The average molecular weight is 278 g/mol. The summed E-state index contributed by atoms with van der Waals surface area (Å²) >= 11 is 3.45. The third kappa shape index (κ3) is 1.93. The molecule has 2 aromatic rings. The van der Waals surface area contributed by atoms with Crippen LogP contribution in [0.1, 0.15) is 11.1 Å². The lowest BCUT2D eigenvalue weighted by Gasteiger charge is -2.10. The van der Waals surface area contributed by atoms with E-state index in [9.17, 15) is 0 Å². The number of benzene rings is 1. The van der Waals surface area contributed by atoms with Gasteiger partial charge in [0.15, 0.2) is 0 Å². The predicted molar refractivity (Wildman–Crippen MR) is 69.1 cm³/mol. The molecule has 0 fully saturated rings. The highest BCUT2D eigenvalue weighted by atomic mass is 79.9. The van der Waals surface area contributed by atoms with E-state index in [1.54, 1.807) is 6.20 Å². The molecule has 3 nitrogen and oxygen atoms in total. The molecule has 0 bridgehead atoms. The van der Waals surface area contributed by atoms with Gasteiger partial charge in [0.25, 0.3) is 0 Å². The molecule has 0 aliphatic carbocycles. The predicted octanol–water partition coefficient (Wildman–Crippen LogP) is 3.11. The molecular weight excluding hydrogens is 266 g/mol. The Balaban J connectivity index is 2.72. The molecule has 0 amide bonds. The SMILES string of the molecule is Cc1cccc(C)c1-c1nc(N)ncc1Br. The normalized spacial score (nSPS) is 10.4. The van der Waals surface area contributed by atoms with Gasteiger partial charge in [0.2, 0.25) is 5.95 Å². The molecule has 16 heavy (non-hydrogen) atoms. The molecule has 0 saturated carbocycles. The van der Waals surface area contributed by atoms with E-state index >= 15 is 0 Å². The van der Waals surface area contributed by atoms with Crippen LogP contribution in [0.2, 0.25) is 0 Å². The van der Waals surface area contributed by atoms with E-state index in [4.69, 9.17) is 5.73 Å². The number of rotatable bonds is 1. The first-order valence-corrected chi connectivity index (χ1v) is 5.73. The number of hydrogen-bond donors (Lipinski definition) is 1. The zero-order valence-electron chi connectivity index (χ0n) is 9.16. The molecule has 0 aliphatic heterocycles. The van der Waals surface area contributed by atoms with Crippen molar-refractivity contribution >= 4 is 21.9 Å². The van der Waals surface area contributed by atoms with Gasteiger partial charge in [-0.25, -0.2) is 9.97 Å². The summed E-state index contributed by atoms with van der Waals surface area (Å²) in [5.74, 6) is 0.292. The van der Waals surface area contributed by atoms with Crippen LogP contribution in [0.25, 0.3) is 11.3 Å². The van der Waals surface area contributed by atoms with Crippen molar-refractivity contribution in [3.63, 3.8) is 0 Å². The number of nitrogens with zero attached hydrogens (tertiary/aromatic N) is 2. The number of anilines is 1. The monoisotopic (exact) mass is 277 g/mol. The molecule has 0 aliphatic rings. The molecule has 2 N–H and O–H groups in total. The number of nitrogen functional groups attached to an aromatic ring is 1. The average Bonchev–Trinajstić information content (AvgIpc) is 2.23. The van der Waals surface area contributed by atoms with Crippen LogP contribution in [-0.2, 0) is 0 Å². The lowest BCUT2D eigenvalue weighted by atomic mass is 10.00. The number of nitrogens with two attached hydrogens (primary N) is 1. The third-order valence-electron chi connectivity index (χ3n) is 2.48. The zero-order chi connectivity index (χ0) is 11.7. The van der Waals surface area contributed by atoms with Gasteiger partial charge in [-0.1, -0.05) is 18.2 Å². The summed E-state index contributed by atoms with van der Waals surface area (Å²) in [6.45, 7) is 4.13. The van der Waals surface area contributed by atoms with Crippen molar-refractivity contribution in [3.05, 3.63) is 40.0 Å². The van der Waals surface area contributed by atoms with E-state index < -0.39 is 0 Å². The molecule has 0 saturated heterocycles. The highest BCUT2D eigenvalue weighted by Gasteiger charge is 2.11. The molecule has 82 valence electrons. The quantitative estimate of drug-likeness (QED) is 0.872. The van der Waals surface area contributed by atoms with Crippen molar-refractivity contribution in [3.8, 4) is 11.3 Å². The Kier molecular flexibility index (Phi) is 2.92. The number of aryl methyl sites for hydroxylation is 2. The minimum absolute atomic E-state index is 0.292. The molecule has 1 heterocycles. The van der Waals surface area contributed by atoms with Crippen LogP contribution < -0.4 is 5.73 Å². The second kappa shape index (κ2) is 4.22. The van der Waals surface area contributed by atoms with E-state index in [-0.39, 0.29) is 0 Å². The molecule has 0 spiro atoms. The van der Waals surface area contributed by atoms with Crippen LogP contribution in [0.15, 0.2) is 28.9 Å². The maximum Gasteiger partial charge on any atom is 0.220 e. The van der Waals surface area contributed by atoms with Crippen LogP contribution in [0.4, 0.5) is 5.95 Å². The van der Waals surface area contributed by atoms with Crippen LogP contribution in [0.5, 0.6) is 0 Å². The maximum absolute atomic E-state index is 5.62. The summed E-state index contributed by atoms with van der Waals surface area (Å²) in [5.41, 5.74) is 9.95. The summed E-state index contributed by atoms with van der Waals surface area (Å²) < 4.78 is 0.860. The van der Waals surface area contributed by atoms with Crippen LogP contribution in [-0.4, -0.2) is 9.97 Å². The third-order valence-corrected chi connectivity index (χ3v) is 3.06. The second-order valence-corrected chi connectivity index (χ2v) is 4.55. The van der Waals surface area contributed by atoms with Crippen LogP contribution >= 0.6 is 15.9 Å². The standard InChI is InChI=1S/C12H12BrN3/c1-7-4-3-5-8(2)10(7)11-9(13)6-15-12(14)16-11/h3-6H,1-2H3,(H2,14,15,16). The Bertz CT molecular complexity index is 518. The fourth-order valence-electron chi connectivity index (χ4n) is 1.74. The Morgan fingerprint density at radius 3 is 2.44 bits per heavy atom. The lowest BCUT2D eigenvalue weighted by Crippen LogP contribution is -1.99. The van der Waals surface area contributed by atoms with Crippen molar-refractivity contribution in [1.29, 1.82) is 0 Å². The molecule has 0 radical (unpaired) electrons. The van der Waals surface area contributed by atoms with Crippen molar-refractivity contribution in [1.82, 2.24) is 9.97 Å². The molecule has 1 aromatic heterocycles. The van der Waals surface area contributed by atoms with Gasteiger partial charge in [0, 0.05) is 11.8 Å². The summed E-state index contributed by atoms with van der Waals surface area (Å²) in [4.78, 5) is 8.23. The highest BCUT2D eigenvalue weighted by molar-refractivity contribution is 9.10. The van der Waals surface area contributed by atoms with Crippen molar-refractivity contribution in [2.45, 2.75) is 13.8 Å². The number of hydrogen-bond acceptors (Lipinski definition) is 3. The van der Waals surface area contributed by atoms with E-state index in [0.29, 0.717) is 5.95 Å². The van der Waals surface area contributed by atoms with Gasteiger partial charge in [-0.15, -0.1) is 0 Å². The van der Waals surface area contributed by atoms with Gasteiger partial charge in [-0.05, 0) is 40.9 Å². The number of aromatic nitrogens is 2. The zero-order valence-corrected chi connectivity index (χ0v) is 10.7. The molecule has 1 aromatic carbocycles. The van der Waals surface area contributed by atoms with E-state index in [1.165, 1.54) is 11.1 Å². The van der Waals surface area contributed by atoms with E-state index in [2.05, 4.69) is 51.9 Å². The highest BCUT2D eigenvalue weighted by Crippen LogP contribution is 2.31. The Morgan fingerprint density at radius 2 is 1.81 bits per heavy atom. The summed E-state index contributed by atoms with van der Waals surface area (Å²) in [7, 11) is 0. The summed E-state index contributed by atoms with van der Waals surface area (Å²) in [6, 6.07) is 6.16. The minimum Gasteiger partial charge on any atom is -0.368 e. The molecule has 0 unspecified atom stereocenters. The molecule has 2 rings (SSSR count). The summed E-state index contributed by atoms with van der Waals surface area (Å²) in [6.07, 6.45) is 1.68. The van der Waals surface area contributed by atoms with Crippen molar-refractivity contribution < 1.29 is 0 Å². The van der Waals surface area contributed by atoms with Crippen molar-refractivity contribution in [2.24, 2.45) is 0 Å². The Labute approximate surface area is 103 Å². The van der Waals surface area contributed by atoms with Crippen LogP contribution in [0, 0.1) is 13.8 Å². The van der Waals surface area contributed by atoms with Crippen molar-refractivity contribution in [2.75, 3.05) is 5.73 Å². The van der Waals surface area contributed by atoms with E-state index in [0.717, 1.165) is 15.7 Å². The first-order valence-electron chi connectivity index (χ1n) is 4.94. The first-order chi connectivity index (χ1) is 7.59. The van der Waals surface area contributed by atoms with Crippen LogP contribution in [0.3, 0.4) is 0 Å². The topological polar surface area (TPSA) is 51.8 Å². The van der Waals surface area contributed by atoms with Gasteiger partial charge in [-0.3, -0.25) is 0 Å². The fraction of sp³-hybridized carbons (Fsp3) is 0.167. The minimum atomic E-state index is 0.292.